The van der Waals surface area contributed by atoms with Crippen LogP contribution in [-0.4, -0.2) is 26.0 Å². The summed E-state index contributed by atoms with van der Waals surface area (Å²) in [6.45, 7) is 7.56. The van der Waals surface area contributed by atoms with Gasteiger partial charge in [-0.25, -0.2) is 4.68 Å². The lowest BCUT2D eigenvalue weighted by atomic mass is 9.94. The normalized spacial score (nSPS) is 12.2. The minimum absolute atomic E-state index is 0.0815. The van der Waals surface area contributed by atoms with Gasteiger partial charge in [-0.2, -0.15) is 0 Å². The molecule has 36 heavy (non-hydrogen) atoms. The van der Waals surface area contributed by atoms with Crippen LogP contribution in [0.25, 0.3) is 16.8 Å². The summed E-state index contributed by atoms with van der Waals surface area (Å²) >= 11 is 0. The Morgan fingerprint density at radius 2 is 1.72 bits per heavy atom. The Morgan fingerprint density at radius 3 is 2.36 bits per heavy atom. The number of carbonyl (C=O) groups is 1. The fourth-order valence-electron chi connectivity index (χ4n) is 4.10. The zero-order chi connectivity index (χ0) is 26.0. The number of rotatable bonds is 7. The maximum Gasteiger partial charge on any atom is 0.310 e. The average molecular weight is 485 g/mol. The summed E-state index contributed by atoms with van der Waals surface area (Å²) in [6, 6.07) is 17.9. The molecule has 8 nitrogen and oxygen atoms in total. The number of benzene rings is 3. The molecule has 8 heteroatoms. The molecule has 3 N–H and O–H groups in total. The molecule has 0 bridgehead atoms. The number of aliphatic carboxylic acids is 1. The van der Waals surface area contributed by atoms with Crippen LogP contribution < -0.4 is 5.56 Å². The Bertz CT molecular complexity index is 1510. The lowest BCUT2D eigenvalue weighted by Crippen LogP contribution is -2.14. The second kappa shape index (κ2) is 10.0. The van der Waals surface area contributed by atoms with Gasteiger partial charge in [-0.3, -0.25) is 14.7 Å². The van der Waals surface area contributed by atoms with Crippen molar-refractivity contribution in [3.63, 3.8) is 0 Å². The standard InChI is InChI=1S/C28H28N4O4/c1-5-22(28(35)36)19-10-12-20(13-11-19)23-7-6-8-24(26(23)33)29-30-25-18(4)31-32(27(25)34)21-14-9-16(2)17(3)15-21/h6-15,22,31,33H,5H2,1-4H3,(H,35,36). The number of phenolic OH excluding ortho intramolecular Hbond substituents is 1. The van der Waals surface area contributed by atoms with Crippen LogP contribution >= 0.6 is 0 Å². The number of carboxylic acids is 1. The Hall–Kier alpha value is -4.46. The molecule has 0 radical (unpaired) electrons. The molecule has 1 unspecified atom stereocenters. The summed E-state index contributed by atoms with van der Waals surface area (Å²) in [7, 11) is 0. The number of aromatic nitrogens is 2. The van der Waals surface area contributed by atoms with Gasteiger partial charge in [-0.15, -0.1) is 10.2 Å². The van der Waals surface area contributed by atoms with Crippen molar-refractivity contribution >= 4 is 17.3 Å². The van der Waals surface area contributed by atoms with Gasteiger partial charge >= 0.3 is 5.97 Å². The van der Waals surface area contributed by atoms with Gasteiger partial charge < -0.3 is 10.2 Å². The lowest BCUT2D eigenvalue weighted by molar-refractivity contribution is -0.138. The number of aryl methyl sites for hydroxylation is 3. The molecular weight excluding hydrogens is 456 g/mol. The number of aromatic amines is 1. The van der Waals surface area contributed by atoms with E-state index in [1.54, 1.807) is 49.4 Å². The number of phenols is 1. The van der Waals surface area contributed by atoms with Crippen molar-refractivity contribution in [1.29, 1.82) is 0 Å². The third-order valence-electron chi connectivity index (χ3n) is 6.39. The van der Waals surface area contributed by atoms with E-state index >= 15 is 0 Å². The summed E-state index contributed by atoms with van der Waals surface area (Å²) in [5, 5.41) is 31.6. The third kappa shape index (κ3) is 4.70. The molecule has 184 valence electrons. The number of hydrogen-bond acceptors (Lipinski definition) is 5. The summed E-state index contributed by atoms with van der Waals surface area (Å²) in [5.74, 6) is -1.53. The monoisotopic (exact) mass is 484 g/mol. The number of azo groups is 1. The van der Waals surface area contributed by atoms with E-state index < -0.39 is 11.9 Å². The van der Waals surface area contributed by atoms with E-state index in [1.165, 1.54) is 4.68 Å². The van der Waals surface area contributed by atoms with E-state index in [0.717, 1.165) is 11.1 Å². The van der Waals surface area contributed by atoms with Crippen LogP contribution in [0, 0.1) is 20.8 Å². The highest BCUT2D eigenvalue weighted by Crippen LogP contribution is 2.38. The Morgan fingerprint density at radius 1 is 1.00 bits per heavy atom. The molecule has 0 saturated carbocycles. The first kappa shape index (κ1) is 24.7. The highest BCUT2D eigenvalue weighted by molar-refractivity contribution is 5.78. The Balaban J connectivity index is 1.65. The van der Waals surface area contributed by atoms with Crippen LogP contribution in [0.4, 0.5) is 11.4 Å². The molecule has 1 aromatic heterocycles. The summed E-state index contributed by atoms with van der Waals surface area (Å²) < 4.78 is 1.43. The Kier molecular flexibility index (Phi) is 6.87. The molecule has 4 aromatic rings. The molecule has 0 fully saturated rings. The molecule has 0 spiro atoms. The van der Waals surface area contributed by atoms with Crippen LogP contribution in [0.15, 0.2) is 75.7 Å². The number of nitrogens with one attached hydrogen (secondary N) is 1. The molecule has 0 aliphatic carbocycles. The van der Waals surface area contributed by atoms with Gasteiger partial charge in [0.15, 0.2) is 11.4 Å². The number of para-hydroxylation sites is 1. The quantitative estimate of drug-likeness (QED) is 0.261. The van der Waals surface area contributed by atoms with Crippen molar-refractivity contribution in [2.24, 2.45) is 10.2 Å². The van der Waals surface area contributed by atoms with Crippen molar-refractivity contribution in [2.75, 3.05) is 0 Å². The Labute approximate surface area is 208 Å². The summed E-state index contributed by atoms with van der Waals surface area (Å²) in [6.07, 6.45) is 0.486. The van der Waals surface area contributed by atoms with Crippen molar-refractivity contribution in [3.05, 3.63) is 93.4 Å². The second-order valence-corrected chi connectivity index (χ2v) is 8.79. The minimum atomic E-state index is -0.868. The molecule has 0 aliphatic rings. The number of H-pyrrole nitrogens is 1. The van der Waals surface area contributed by atoms with Gasteiger partial charge in [-0.1, -0.05) is 49.4 Å². The van der Waals surface area contributed by atoms with Gasteiger partial charge in [0.2, 0.25) is 0 Å². The third-order valence-corrected chi connectivity index (χ3v) is 6.39. The van der Waals surface area contributed by atoms with Crippen molar-refractivity contribution in [3.8, 4) is 22.6 Å². The zero-order valence-corrected chi connectivity index (χ0v) is 20.6. The number of hydrogen-bond donors (Lipinski definition) is 3. The molecule has 1 atom stereocenters. The summed E-state index contributed by atoms with van der Waals surface area (Å²) in [5.41, 5.74) is 5.42. The first-order valence-corrected chi connectivity index (χ1v) is 11.7. The van der Waals surface area contributed by atoms with E-state index in [9.17, 15) is 19.8 Å². The van der Waals surface area contributed by atoms with Crippen LogP contribution in [0.2, 0.25) is 0 Å². The molecule has 0 saturated heterocycles. The number of nitrogens with zero attached hydrogens (tertiary/aromatic N) is 3. The number of carboxylic acid groups (broad SMARTS) is 1. The maximum atomic E-state index is 13.0. The fourth-order valence-corrected chi connectivity index (χ4v) is 4.10. The molecule has 0 aliphatic heterocycles. The highest BCUT2D eigenvalue weighted by atomic mass is 16.4. The SMILES string of the molecule is CCC(C(=O)O)c1ccc(-c2cccc(N=Nc3c(C)[nH]n(-c4ccc(C)c(C)c4)c3=O)c2O)cc1. The first-order valence-electron chi connectivity index (χ1n) is 11.7. The highest BCUT2D eigenvalue weighted by Gasteiger charge is 2.18. The van der Waals surface area contributed by atoms with E-state index in [0.29, 0.717) is 34.5 Å². The largest absolute Gasteiger partial charge is 0.505 e. The van der Waals surface area contributed by atoms with Crippen LogP contribution in [0.3, 0.4) is 0 Å². The van der Waals surface area contributed by atoms with Gasteiger partial charge in [0.25, 0.3) is 5.56 Å². The van der Waals surface area contributed by atoms with Crippen molar-refractivity contribution in [1.82, 2.24) is 9.78 Å². The molecule has 0 amide bonds. The van der Waals surface area contributed by atoms with Crippen LogP contribution in [0.5, 0.6) is 5.75 Å². The van der Waals surface area contributed by atoms with Crippen molar-refractivity contribution in [2.45, 2.75) is 40.0 Å². The molecular formula is C28H28N4O4. The lowest BCUT2D eigenvalue weighted by Gasteiger charge is -2.12. The first-order chi connectivity index (χ1) is 17.2. The van der Waals surface area contributed by atoms with E-state index in [-0.39, 0.29) is 22.7 Å². The van der Waals surface area contributed by atoms with Gasteiger partial charge in [0, 0.05) is 5.56 Å². The smallest absolute Gasteiger partial charge is 0.310 e. The van der Waals surface area contributed by atoms with Crippen molar-refractivity contribution < 1.29 is 15.0 Å². The van der Waals surface area contributed by atoms with Crippen LogP contribution in [0.1, 0.15) is 41.6 Å². The van der Waals surface area contributed by atoms with Gasteiger partial charge in [-0.05, 0) is 67.6 Å². The molecule has 1 heterocycles. The summed E-state index contributed by atoms with van der Waals surface area (Å²) in [4.78, 5) is 24.5. The predicted molar refractivity (Wildman–Crippen MR) is 139 cm³/mol. The van der Waals surface area contributed by atoms with Crippen LogP contribution in [-0.2, 0) is 4.79 Å². The minimum Gasteiger partial charge on any atom is -0.505 e. The average Bonchev–Trinajstić information content (AvgIpc) is 3.14. The topological polar surface area (TPSA) is 120 Å². The molecule has 4 rings (SSSR count). The number of aromatic hydroxyl groups is 1. The van der Waals surface area contributed by atoms with E-state index in [1.807, 2.05) is 39.0 Å². The van der Waals surface area contributed by atoms with E-state index in [2.05, 4.69) is 15.3 Å². The maximum absolute atomic E-state index is 13.0. The fraction of sp³-hybridized carbons (Fsp3) is 0.214. The predicted octanol–water partition coefficient (Wildman–Crippen LogP) is 6.46. The zero-order valence-electron chi connectivity index (χ0n) is 20.6. The second-order valence-electron chi connectivity index (χ2n) is 8.79. The molecule has 3 aromatic carbocycles. The van der Waals surface area contributed by atoms with Gasteiger partial charge in [0.05, 0.1) is 17.3 Å². The van der Waals surface area contributed by atoms with E-state index in [4.69, 9.17) is 0 Å². The van der Waals surface area contributed by atoms with Gasteiger partial charge in [0.1, 0.15) is 5.69 Å².